The van der Waals surface area contributed by atoms with Crippen LogP contribution in [0.25, 0.3) is 0 Å². The molecule has 0 saturated heterocycles. The maximum atomic E-state index is 5.70. The summed E-state index contributed by atoms with van der Waals surface area (Å²) in [6, 6.07) is 0. The lowest BCUT2D eigenvalue weighted by Gasteiger charge is -2.05. The second kappa shape index (κ2) is 4.63. The predicted molar refractivity (Wildman–Crippen MR) is 65.6 cm³/mol. The quantitative estimate of drug-likeness (QED) is 0.822. The van der Waals surface area contributed by atoms with Gasteiger partial charge in [0.1, 0.15) is 5.01 Å². The average Bonchev–Trinajstić information content (AvgIpc) is 2.66. The van der Waals surface area contributed by atoms with Gasteiger partial charge in [0, 0.05) is 11.1 Å². The van der Waals surface area contributed by atoms with Gasteiger partial charge in [0.2, 0.25) is 5.28 Å². The van der Waals surface area contributed by atoms with Crippen LogP contribution in [0.2, 0.25) is 5.28 Å². The van der Waals surface area contributed by atoms with Gasteiger partial charge in [-0.25, -0.2) is 9.97 Å². The Balaban J connectivity index is 2.07. The molecule has 5 nitrogen and oxygen atoms in total. The Morgan fingerprint density at radius 1 is 1.44 bits per heavy atom. The van der Waals surface area contributed by atoms with Crippen LogP contribution in [0.1, 0.15) is 9.88 Å². The van der Waals surface area contributed by atoms with Gasteiger partial charge in [-0.15, -0.1) is 11.3 Å². The number of rotatable bonds is 3. The zero-order chi connectivity index (χ0) is 11.5. The van der Waals surface area contributed by atoms with Crippen molar-refractivity contribution in [2.75, 3.05) is 11.1 Å². The average molecular weight is 256 g/mol. The first kappa shape index (κ1) is 11.1. The van der Waals surface area contributed by atoms with Crippen molar-refractivity contribution in [3.05, 3.63) is 27.6 Å². The number of hydrogen-bond donors (Lipinski definition) is 2. The van der Waals surface area contributed by atoms with Crippen molar-refractivity contribution in [1.29, 1.82) is 0 Å². The molecular formula is C9H10ClN5S. The molecule has 0 amide bonds. The van der Waals surface area contributed by atoms with Gasteiger partial charge in [0.25, 0.3) is 0 Å². The van der Waals surface area contributed by atoms with Crippen molar-refractivity contribution in [3.8, 4) is 0 Å². The van der Waals surface area contributed by atoms with E-state index in [4.69, 9.17) is 17.3 Å². The molecule has 0 saturated carbocycles. The van der Waals surface area contributed by atoms with Crippen LogP contribution in [0.5, 0.6) is 0 Å². The Kier molecular flexibility index (Phi) is 3.21. The number of aryl methyl sites for hydroxylation is 1. The Bertz CT molecular complexity index is 498. The Morgan fingerprint density at radius 2 is 2.25 bits per heavy atom. The highest BCUT2D eigenvalue weighted by molar-refractivity contribution is 7.11. The highest BCUT2D eigenvalue weighted by Gasteiger charge is 2.04. The van der Waals surface area contributed by atoms with Gasteiger partial charge in [0.05, 0.1) is 18.4 Å². The van der Waals surface area contributed by atoms with E-state index in [0.29, 0.717) is 18.1 Å². The minimum absolute atomic E-state index is 0.173. The smallest absolute Gasteiger partial charge is 0.224 e. The highest BCUT2D eigenvalue weighted by Crippen LogP contribution is 2.18. The fraction of sp³-hybridized carbons (Fsp3) is 0.222. The molecule has 7 heteroatoms. The Labute approximate surface area is 102 Å². The summed E-state index contributed by atoms with van der Waals surface area (Å²) in [7, 11) is 0. The molecule has 2 heterocycles. The standard InChI is InChI=1S/C9H10ClN5S/c1-5-2-12-7(16-5)4-13-8-6(11)3-14-9(10)15-8/h2-3H,4,11H2,1H3,(H,13,14,15). The second-order valence-corrected chi connectivity index (χ2v) is 4.82. The van der Waals surface area contributed by atoms with E-state index in [2.05, 4.69) is 20.3 Å². The summed E-state index contributed by atoms with van der Waals surface area (Å²) < 4.78 is 0. The van der Waals surface area contributed by atoms with Gasteiger partial charge in [-0.3, -0.25) is 0 Å². The van der Waals surface area contributed by atoms with E-state index in [-0.39, 0.29) is 5.28 Å². The molecule has 2 aromatic heterocycles. The summed E-state index contributed by atoms with van der Waals surface area (Å²) in [5, 5.41) is 4.22. The molecular weight excluding hydrogens is 246 g/mol. The molecule has 0 fully saturated rings. The molecule has 84 valence electrons. The van der Waals surface area contributed by atoms with E-state index < -0.39 is 0 Å². The lowest BCUT2D eigenvalue weighted by Crippen LogP contribution is -2.05. The fourth-order valence-corrected chi connectivity index (χ4v) is 2.01. The third-order valence-corrected chi connectivity index (χ3v) is 2.96. The largest absolute Gasteiger partial charge is 0.394 e. The number of nitrogens with one attached hydrogen (secondary N) is 1. The lowest BCUT2D eigenvalue weighted by atomic mass is 10.5. The van der Waals surface area contributed by atoms with Gasteiger partial charge in [0.15, 0.2) is 5.82 Å². The van der Waals surface area contributed by atoms with Crippen LogP contribution in [0.3, 0.4) is 0 Å². The third kappa shape index (κ3) is 2.59. The number of nitrogen functional groups attached to an aromatic ring is 1. The second-order valence-electron chi connectivity index (χ2n) is 3.16. The molecule has 0 aliphatic heterocycles. The molecule has 0 aliphatic rings. The number of hydrogen-bond acceptors (Lipinski definition) is 6. The van der Waals surface area contributed by atoms with Crippen molar-refractivity contribution >= 4 is 34.4 Å². The number of nitrogens with zero attached hydrogens (tertiary/aromatic N) is 3. The number of halogens is 1. The molecule has 3 N–H and O–H groups in total. The van der Waals surface area contributed by atoms with Crippen LogP contribution >= 0.6 is 22.9 Å². The molecule has 0 bridgehead atoms. The van der Waals surface area contributed by atoms with Gasteiger partial charge < -0.3 is 11.1 Å². The van der Waals surface area contributed by atoms with Crippen molar-refractivity contribution in [1.82, 2.24) is 15.0 Å². The van der Waals surface area contributed by atoms with E-state index in [1.807, 2.05) is 13.1 Å². The minimum Gasteiger partial charge on any atom is -0.394 e. The maximum absolute atomic E-state index is 5.70. The topological polar surface area (TPSA) is 76.7 Å². The lowest BCUT2D eigenvalue weighted by molar-refractivity contribution is 1.06. The number of aromatic nitrogens is 3. The molecule has 0 aromatic carbocycles. The molecule has 0 aliphatic carbocycles. The van der Waals surface area contributed by atoms with Crippen LogP contribution in [-0.4, -0.2) is 15.0 Å². The Hall–Kier alpha value is -1.40. The first-order valence-corrected chi connectivity index (χ1v) is 5.78. The summed E-state index contributed by atoms with van der Waals surface area (Å²) in [5.41, 5.74) is 6.17. The normalized spacial score (nSPS) is 10.4. The monoisotopic (exact) mass is 255 g/mol. The van der Waals surface area contributed by atoms with Crippen LogP contribution < -0.4 is 11.1 Å². The molecule has 0 spiro atoms. The zero-order valence-corrected chi connectivity index (χ0v) is 10.1. The third-order valence-electron chi connectivity index (χ3n) is 1.86. The van der Waals surface area contributed by atoms with Crippen LogP contribution in [0.15, 0.2) is 12.4 Å². The minimum atomic E-state index is 0.173. The molecule has 2 rings (SSSR count). The molecule has 16 heavy (non-hydrogen) atoms. The molecule has 0 radical (unpaired) electrons. The Morgan fingerprint density at radius 3 is 2.94 bits per heavy atom. The SMILES string of the molecule is Cc1cnc(CNc2nc(Cl)ncc2N)s1. The van der Waals surface area contributed by atoms with E-state index in [9.17, 15) is 0 Å². The van der Waals surface area contributed by atoms with Crippen molar-refractivity contribution in [3.63, 3.8) is 0 Å². The fourth-order valence-electron chi connectivity index (χ4n) is 1.15. The van der Waals surface area contributed by atoms with Crippen LogP contribution in [0, 0.1) is 6.92 Å². The van der Waals surface area contributed by atoms with Crippen LogP contribution in [-0.2, 0) is 6.54 Å². The van der Waals surface area contributed by atoms with Gasteiger partial charge in [-0.1, -0.05) is 0 Å². The summed E-state index contributed by atoms with van der Waals surface area (Å²) in [6.45, 7) is 2.59. The van der Waals surface area contributed by atoms with E-state index in [1.54, 1.807) is 11.3 Å². The summed E-state index contributed by atoms with van der Waals surface area (Å²) >= 11 is 7.30. The molecule has 0 atom stereocenters. The summed E-state index contributed by atoms with van der Waals surface area (Å²) in [6.07, 6.45) is 3.31. The molecule has 2 aromatic rings. The van der Waals surface area contributed by atoms with Crippen molar-refractivity contribution in [2.45, 2.75) is 13.5 Å². The number of anilines is 2. The maximum Gasteiger partial charge on any atom is 0.224 e. The van der Waals surface area contributed by atoms with Crippen molar-refractivity contribution in [2.24, 2.45) is 0 Å². The summed E-state index contributed by atoms with van der Waals surface area (Å²) in [5.74, 6) is 0.535. The first-order chi connectivity index (χ1) is 7.65. The highest BCUT2D eigenvalue weighted by atomic mass is 35.5. The number of nitrogens with two attached hydrogens (primary N) is 1. The van der Waals surface area contributed by atoms with Crippen LogP contribution in [0.4, 0.5) is 11.5 Å². The predicted octanol–water partition coefficient (Wildman–Crippen LogP) is 2.09. The summed E-state index contributed by atoms with van der Waals surface area (Å²) in [4.78, 5) is 13.2. The first-order valence-electron chi connectivity index (χ1n) is 4.58. The van der Waals surface area contributed by atoms with E-state index in [0.717, 1.165) is 5.01 Å². The van der Waals surface area contributed by atoms with Gasteiger partial charge in [-0.2, -0.15) is 4.98 Å². The molecule has 0 unspecified atom stereocenters. The van der Waals surface area contributed by atoms with Gasteiger partial charge >= 0.3 is 0 Å². The van der Waals surface area contributed by atoms with E-state index in [1.165, 1.54) is 11.1 Å². The van der Waals surface area contributed by atoms with Gasteiger partial charge in [-0.05, 0) is 18.5 Å². The van der Waals surface area contributed by atoms with Crippen molar-refractivity contribution < 1.29 is 0 Å². The number of thiazole rings is 1. The zero-order valence-electron chi connectivity index (χ0n) is 8.57. The van der Waals surface area contributed by atoms with E-state index >= 15 is 0 Å².